The Morgan fingerprint density at radius 3 is 2.63 bits per heavy atom. The smallest absolute Gasteiger partial charge is 0.156 e. The molecule has 2 heterocycles. The topological polar surface area (TPSA) is 55.6 Å². The van der Waals surface area contributed by atoms with E-state index in [4.69, 9.17) is 9.97 Å². The van der Waals surface area contributed by atoms with Crippen LogP contribution in [0.2, 0.25) is 0 Å². The average Bonchev–Trinajstić information content (AvgIpc) is 3.13. The molecule has 1 fully saturated rings. The van der Waals surface area contributed by atoms with Gasteiger partial charge < -0.3 is 5.32 Å². The van der Waals surface area contributed by atoms with E-state index in [1.165, 1.54) is 12.8 Å². The van der Waals surface area contributed by atoms with Crippen molar-refractivity contribution >= 4 is 16.9 Å². The van der Waals surface area contributed by atoms with Crippen molar-refractivity contribution in [2.45, 2.75) is 59.0 Å². The molecule has 1 aliphatic carbocycles. The lowest BCUT2D eigenvalue weighted by molar-refractivity contribution is 0.675. The van der Waals surface area contributed by atoms with E-state index in [1.807, 2.05) is 11.6 Å². The molecule has 0 aliphatic heterocycles. The van der Waals surface area contributed by atoms with Crippen molar-refractivity contribution in [3.8, 4) is 0 Å². The first-order chi connectivity index (χ1) is 9.10. The molecule has 2 aromatic rings. The van der Waals surface area contributed by atoms with Crippen LogP contribution in [0, 0.1) is 6.92 Å². The van der Waals surface area contributed by atoms with Crippen LogP contribution in [0.25, 0.3) is 11.0 Å². The molecule has 0 atom stereocenters. The van der Waals surface area contributed by atoms with Gasteiger partial charge in [-0.15, -0.1) is 0 Å². The second kappa shape index (κ2) is 4.47. The van der Waals surface area contributed by atoms with Crippen molar-refractivity contribution < 1.29 is 0 Å². The maximum atomic E-state index is 4.72. The molecule has 0 spiro atoms. The summed E-state index contributed by atoms with van der Waals surface area (Å²) in [7, 11) is 0. The Bertz CT molecular complexity index is 610. The number of rotatable bonds is 4. The molecule has 102 valence electrons. The van der Waals surface area contributed by atoms with Crippen molar-refractivity contribution in [2.75, 3.05) is 5.32 Å². The number of anilines is 1. The Labute approximate surface area is 113 Å². The quantitative estimate of drug-likeness (QED) is 0.917. The van der Waals surface area contributed by atoms with Gasteiger partial charge in [0.25, 0.3) is 0 Å². The molecule has 0 radical (unpaired) electrons. The van der Waals surface area contributed by atoms with Gasteiger partial charge in [0.1, 0.15) is 16.9 Å². The Hall–Kier alpha value is -1.65. The number of nitrogens with zero attached hydrogens (tertiary/aromatic N) is 4. The fraction of sp³-hybridized carbons (Fsp3) is 0.643. The number of hydrogen-bond donors (Lipinski definition) is 1. The molecule has 1 N–H and O–H groups in total. The lowest BCUT2D eigenvalue weighted by Gasteiger charge is -2.11. The molecular formula is C14H21N5. The second-order valence-corrected chi connectivity index (χ2v) is 5.60. The summed E-state index contributed by atoms with van der Waals surface area (Å²) in [5, 5.41) is 8.10. The summed E-state index contributed by atoms with van der Waals surface area (Å²) in [5.74, 6) is 2.18. The number of hydrogen-bond acceptors (Lipinski definition) is 4. The van der Waals surface area contributed by atoms with E-state index in [2.05, 4.69) is 31.2 Å². The van der Waals surface area contributed by atoms with Crippen molar-refractivity contribution in [1.29, 1.82) is 0 Å². The molecule has 1 aliphatic rings. The molecule has 0 unspecified atom stereocenters. The van der Waals surface area contributed by atoms with Gasteiger partial charge in [-0.1, -0.05) is 13.8 Å². The summed E-state index contributed by atoms with van der Waals surface area (Å²) >= 11 is 0. The summed E-state index contributed by atoms with van der Waals surface area (Å²) in [5.41, 5.74) is 3.03. The van der Waals surface area contributed by atoms with Crippen LogP contribution < -0.4 is 5.32 Å². The molecule has 5 heteroatoms. The lowest BCUT2D eigenvalue weighted by atomic mass is 10.2. The van der Waals surface area contributed by atoms with E-state index >= 15 is 0 Å². The van der Waals surface area contributed by atoms with Crippen molar-refractivity contribution in [2.24, 2.45) is 0 Å². The summed E-state index contributed by atoms with van der Waals surface area (Å²) in [4.78, 5) is 9.42. The molecule has 3 rings (SSSR count). The van der Waals surface area contributed by atoms with Crippen LogP contribution in [0.5, 0.6) is 0 Å². The van der Waals surface area contributed by atoms with Gasteiger partial charge in [0.05, 0.1) is 5.69 Å². The zero-order valence-electron chi connectivity index (χ0n) is 12.1. The van der Waals surface area contributed by atoms with Gasteiger partial charge in [0, 0.05) is 18.5 Å². The van der Waals surface area contributed by atoms with Crippen molar-refractivity contribution in [3.05, 3.63) is 11.5 Å². The van der Waals surface area contributed by atoms with E-state index in [0.29, 0.717) is 12.0 Å². The number of nitrogens with one attached hydrogen (secondary N) is 1. The van der Waals surface area contributed by atoms with E-state index in [-0.39, 0.29) is 0 Å². The normalized spacial score (nSPS) is 15.4. The number of fused-ring (bicyclic) bond motifs is 1. The summed E-state index contributed by atoms with van der Waals surface area (Å²) in [6.45, 7) is 9.22. The fourth-order valence-electron chi connectivity index (χ4n) is 2.26. The predicted octanol–water partition coefficient (Wildman–Crippen LogP) is 2.85. The van der Waals surface area contributed by atoms with Crippen molar-refractivity contribution in [3.63, 3.8) is 0 Å². The molecule has 0 aromatic carbocycles. The number of aromatic nitrogens is 4. The van der Waals surface area contributed by atoms with Gasteiger partial charge in [0.2, 0.25) is 0 Å². The highest BCUT2D eigenvalue weighted by molar-refractivity contribution is 5.87. The molecule has 1 saturated carbocycles. The standard InChI is InChI=1S/C14H21N5/c1-5-19-12-11(9(4)18-19)16-13(8(2)3)17-14(12)15-10-6-7-10/h8,10H,5-7H2,1-4H3,(H,15,16,17). The van der Waals surface area contributed by atoms with Crippen LogP contribution in [0.4, 0.5) is 5.82 Å². The van der Waals surface area contributed by atoms with Crippen LogP contribution in [0.15, 0.2) is 0 Å². The molecule has 2 aromatic heterocycles. The molecular weight excluding hydrogens is 238 g/mol. The molecule has 0 amide bonds. The summed E-state index contributed by atoms with van der Waals surface area (Å²) in [6, 6.07) is 0.582. The fourth-order valence-corrected chi connectivity index (χ4v) is 2.26. The highest BCUT2D eigenvalue weighted by Crippen LogP contribution is 2.30. The minimum atomic E-state index is 0.327. The van der Waals surface area contributed by atoms with Crippen LogP contribution in [0.1, 0.15) is 51.0 Å². The SMILES string of the molecule is CCn1nc(C)c2nc(C(C)C)nc(NC3CC3)c21. The first-order valence-electron chi connectivity index (χ1n) is 7.11. The second-order valence-electron chi connectivity index (χ2n) is 5.60. The van der Waals surface area contributed by atoms with Crippen LogP contribution >= 0.6 is 0 Å². The van der Waals surface area contributed by atoms with Crippen LogP contribution in [-0.4, -0.2) is 25.8 Å². The highest BCUT2D eigenvalue weighted by Gasteiger charge is 2.25. The van der Waals surface area contributed by atoms with Gasteiger partial charge >= 0.3 is 0 Å². The zero-order chi connectivity index (χ0) is 13.6. The van der Waals surface area contributed by atoms with Crippen molar-refractivity contribution in [1.82, 2.24) is 19.7 Å². The van der Waals surface area contributed by atoms with Gasteiger partial charge in [-0.3, -0.25) is 4.68 Å². The summed E-state index contributed by atoms with van der Waals surface area (Å²) in [6.07, 6.45) is 2.48. The first kappa shape index (κ1) is 12.4. The third kappa shape index (κ3) is 2.17. The molecule has 0 saturated heterocycles. The predicted molar refractivity (Wildman–Crippen MR) is 76.5 cm³/mol. The zero-order valence-corrected chi connectivity index (χ0v) is 12.1. The van der Waals surface area contributed by atoms with Gasteiger partial charge in [0.15, 0.2) is 5.82 Å². The van der Waals surface area contributed by atoms with E-state index in [1.54, 1.807) is 0 Å². The minimum Gasteiger partial charge on any atom is -0.365 e. The van der Waals surface area contributed by atoms with Gasteiger partial charge in [-0.2, -0.15) is 5.10 Å². The third-order valence-corrected chi connectivity index (χ3v) is 3.51. The number of aryl methyl sites for hydroxylation is 2. The van der Waals surface area contributed by atoms with E-state index < -0.39 is 0 Å². The van der Waals surface area contributed by atoms with Crippen LogP contribution in [0.3, 0.4) is 0 Å². The lowest BCUT2D eigenvalue weighted by Crippen LogP contribution is -2.10. The van der Waals surface area contributed by atoms with E-state index in [0.717, 1.165) is 34.9 Å². The maximum absolute atomic E-state index is 4.72. The maximum Gasteiger partial charge on any atom is 0.156 e. The molecule has 0 bridgehead atoms. The monoisotopic (exact) mass is 259 g/mol. The Morgan fingerprint density at radius 1 is 1.32 bits per heavy atom. The Kier molecular flexibility index (Phi) is 2.92. The molecule has 19 heavy (non-hydrogen) atoms. The van der Waals surface area contributed by atoms with Crippen LogP contribution in [-0.2, 0) is 6.54 Å². The highest BCUT2D eigenvalue weighted by atomic mass is 15.3. The van der Waals surface area contributed by atoms with Gasteiger partial charge in [-0.05, 0) is 26.7 Å². The first-order valence-corrected chi connectivity index (χ1v) is 7.11. The Balaban J connectivity index is 2.21. The molecule has 5 nitrogen and oxygen atoms in total. The van der Waals surface area contributed by atoms with Gasteiger partial charge in [-0.25, -0.2) is 9.97 Å². The average molecular weight is 259 g/mol. The summed E-state index contributed by atoms with van der Waals surface area (Å²) < 4.78 is 2.00. The Morgan fingerprint density at radius 2 is 2.05 bits per heavy atom. The minimum absolute atomic E-state index is 0.327. The largest absolute Gasteiger partial charge is 0.365 e. The van der Waals surface area contributed by atoms with E-state index in [9.17, 15) is 0 Å². The third-order valence-electron chi connectivity index (χ3n) is 3.51.